The van der Waals surface area contributed by atoms with E-state index in [1.807, 2.05) is 24.3 Å². The van der Waals surface area contributed by atoms with Crippen LogP contribution < -0.4 is 0 Å². The van der Waals surface area contributed by atoms with Crippen molar-refractivity contribution in [2.45, 2.75) is 22.6 Å². The van der Waals surface area contributed by atoms with Crippen molar-refractivity contribution >= 4 is 23.2 Å². The summed E-state index contributed by atoms with van der Waals surface area (Å²) < 4.78 is 0. The van der Waals surface area contributed by atoms with Crippen molar-refractivity contribution in [3.8, 4) is 0 Å². The van der Waals surface area contributed by atoms with E-state index in [1.165, 1.54) is 0 Å². The Balaban J connectivity index is 2.38. The summed E-state index contributed by atoms with van der Waals surface area (Å²) in [6, 6.07) is 0. The number of halogens is 2. The summed E-state index contributed by atoms with van der Waals surface area (Å²) in [5.74, 6) is 0. The van der Waals surface area contributed by atoms with Crippen LogP contribution in [-0.4, -0.2) is 9.75 Å². The highest BCUT2D eigenvalue weighted by Crippen LogP contribution is 2.55. The second-order valence-corrected chi connectivity index (χ2v) is 4.29. The fraction of sp³-hybridized carbons (Fsp3) is 0.500. The summed E-state index contributed by atoms with van der Waals surface area (Å²) in [6.07, 6.45) is 9.91. The molecule has 0 aromatic carbocycles. The minimum atomic E-state index is -0.274. The SMILES string of the molecule is ClC12C=CC=CC1(Cl)CC2. The molecule has 10 heavy (non-hydrogen) atoms. The number of alkyl halides is 2. The lowest BCUT2D eigenvalue weighted by atomic mass is 9.70. The van der Waals surface area contributed by atoms with Crippen LogP contribution in [-0.2, 0) is 0 Å². The maximum atomic E-state index is 6.18. The molecule has 0 aromatic heterocycles. The largest absolute Gasteiger partial charge is 0.112 e. The summed E-state index contributed by atoms with van der Waals surface area (Å²) in [6.45, 7) is 0. The number of fused-ring (bicyclic) bond motifs is 1. The maximum absolute atomic E-state index is 6.18. The average molecular weight is 175 g/mol. The van der Waals surface area contributed by atoms with Crippen molar-refractivity contribution in [2.75, 3.05) is 0 Å². The Labute approximate surface area is 70.5 Å². The summed E-state index contributed by atoms with van der Waals surface area (Å²) in [5.41, 5.74) is 0. The third kappa shape index (κ3) is 0.640. The monoisotopic (exact) mass is 174 g/mol. The number of allylic oxidation sites excluding steroid dienone is 4. The molecule has 2 aliphatic rings. The topological polar surface area (TPSA) is 0 Å². The summed E-state index contributed by atoms with van der Waals surface area (Å²) in [7, 11) is 0. The van der Waals surface area contributed by atoms with Crippen LogP contribution in [0.5, 0.6) is 0 Å². The van der Waals surface area contributed by atoms with E-state index < -0.39 is 0 Å². The highest BCUT2D eigenvalue weighted by molar-refractivity contribution is 6.38. The number of hydrogen-bond donors (Lipinski definition) is 0. The Kier molecular flexibility index (Phi) is 1.22. The Morgan fingerprint density at radius 2 is 1.30 bits per heavy atom. The zero-order chi connectivity index (χ0) is 7.24. The maximum Gasteiger partial charge on any atom is 0.0856 e. The molecule has 0 bridgehead atoms. The Bertz CT molecular complexity index is 195. The molecule has 2 rings (SSSR count). The molecular weight excluding hydrogens is 167 g/mol. The fourth-order valence-corrected chi connectivity index (χ4v) is 2.11. The van der Waals surface area contributed by atoms with Crippen molar-refractivity contribution in [1.82, 2.24) is 0 Å². The van der Waals surface area contributed by atoms with E-state index in [9.17, 15) is 0 Å². The predicted molar refractivity (Wildman–Crippen MR) is 44.7 cm³/mol. The van der Waals surface area contributed by atoms with Gasteiger partial charge < -0.3 is 0 Å². The smallest absolute Gasteiger partial charge is 0.0856 e. The van der Waals surface area contributed by atoms with Crippen LogP contribution in [0.25, 0.3) is 0 Å². The Hall–Kier alpha value is 0.0600. The second-order valence-electron chi connectivity index (χ2n) is 2.94. The van der Waals surface area contributed by atoms with Crippen LogP contribution in [0.2, 0.25) is 0 Å². The zero-order valence-electron chi connectivity index (χ0n) is 5.48. The minimum Gasteiger partial charge on any atom is -0.112 e. The molecule has 2 atom stereocenters. The van der Waals surface area contributed by atoms with E-state index in [1.54, 1.807) is 0 Å². The third-order valence-corrected chi connectivity index (χ3v) is 3.78. The van der Waals surface area contributed by atoms with Gasteiger partial charge in [0.05, 0.1) is 9.75 Å². The van der Waals surface area contributed by atoms with Gasteiger partial charge in [0, 0.05) is 0 Å². The van der Waals surface area contributed by atoms with Gasteiger partial charge in [0.2, 0.25) is 0 Å². The van der Waals surface area contributed by atoms with E-state index >= 15 is 0 Å². The van der Waals surface area contributed by atoms with Crippen LogP contribution in [0, 0.1) is 0 Å². The average Bonchev–Trinajstić information content (AvgIpc) is 1.92. The molecule has 2 aliphatic carbocycles. The minimum absolute atomic E-state index is 0.274. The Morgan fingerprint density at radius 1 is 0.900 bits per heavy atom. The first kappa shape index (κ1) is 6.75. The fourth-order valence-electron chi connectivity index (χ4n) is 1.46. The van der Waals surface area contributed by atoms with Gasteiger partial charge in [0.15, 0.2) is 0 Å². The highest BCUT2D eigenvalue weighted by atomic mass is 35.5. The lowest BCUT2D eigenvalue weighted by Gasteiger charge is -2.49. The molecule has 0 N–H and O–H groups in total. The highest BCUT2D eigenvalue weighted by Gasteiger charge is 2.54. The van der Waals surface area contributed by atoms with Gasteiger partial charge in [0.1, 0.15) is 0 Å². The first-order valence-electron chi connectivity index (χ1n) is 3.41. The van der Waals surface area contributed by atoms with Crippen LogP contribution in [0.1, 0.15) is 12.8 Å². The van der Waals surface area contributed by atoms with Crippen molar-refractivity contribution < 1.29 is 0 Å². The molecule has 2 unspecified atom stereocenters. The number of hydrogen-bond acceptors (Lipinski definition) is 0. The molecule has 0 radical (unpaired) electrons. The van der Waals surface area contributed by atoms with E-state index in [4.69, 9.17) is 23.2 Å². The second kappa shape index (κ2) is 1.80. The summed E-state index contributed by atoms with van der Waals surface area (Å²) in [5, 5.41) is 0. The van der Waals surface area contributed by atoms with Crippen LogP contribution >= 0.6 is 23.2 Å². The van der Waals surface area contributed by atoms with Crippen LogP contribution in [0.15, 0.2) is 24.3 Å². The van der Waals surface area contributed by atoms with Gasteiger partial charge in [-0.25, -0.2) is 0 Å². The van der Waals surface area contributed by atoms with Crippen molar-refractivity contribution in [3.63, 3.8) is 0 Å². The third-order valence-electron chi connectivity index (χ3n) is 2.38. The van der Waals surface area contributed by atoms with Gasteiger partial charge in [-0.05, 0) is 12.8 Å². The van der Waals surface area contributed by atoms with Gasteiger partial charge in [-0.2, -0.15) is 0 Å². The molecule has 0 heterocycles. The molecule has 0 saturated heterocycles. The molecule has 0 nitrogen and oxygen atoms in total. The lowest BCUT2D eigenvalue weighted by Crippen LogP contribution is -2.53. The van der Waals surface area contributed by atoms with E-state index in [0.29, 0.717) is 0 Å². The number of rotatable bonds is 0. The molecule has 0 spiro atoms. The molecular formula is C8H8Cl2. The van der Waals surface area contributed by atoms with E-state index in [-0.39, 0.29) is 9.75 Å². The van der Waals surface area contributed by atoms with Gasteiger partial charge in [-0.15, -0.1) is 23.2 Å². The molecule has 0 aliphatic heterocycles. The van der Waals surface area contributed by atoms with Crippen LogP contribution in [0.3, 0.4) is 0 Å². The van der Waals surface area contributed by atoms with Crippen molar-refractivity contribution in [3.05, 3.63) is 24.3 Å². The van der Waals surface area contributed by atoms with Crippen LogP contribution in [0.4, 0.5) is 0 Å². The van der Waals surface area contributed by atoms with Gasteiger partial charge in [-0.3, -0.25) is 0 Å². The normalized spacial score (nSPS) is 50.2. The molecule has 1 saturated carbocycles. The van der Waals surface area contributed by atoms with Gasteiger partial charge >= 0.3 is 0 Å². The van der Waals surface area contributed by atoms with Crippen molar-refractivity contribution in [2.24, 2.45) is 0 Å². The quantitative estimate of drug-likeness (QED) is 0.496. The van der Waals surface area contributed by atoms with Gasteiger partial charge in [0.25, 0.3) is 0 Å². The van der Waals surface area contributed by atoms with E-state index in [0.717, 1.165) is 12.8 Å². The first-order chi connectivity index (χ1) is 4.66. The first-order valence-corrected chi connectivity index (χ1v) is 4.17. The van der Waals surface area contributed by atoms with E-state index in [2.05, 4.69) is 0 Å². The molecule has 1 fully saturated rings. The summed E-state index contributed by atoms with van der Waals surface area (Å²) in [4.78, 5) is -0.549. The molecule has 0 aromatic rings. The molecule has 54 valence electrons. The summed E-state index contributed by atoms with van der Waals surface area (Å²) >= 11 is 12.4. The predicted octanol–water partition coefficient (Wildman–Crippen LogP) is 2.86. The van der Waals surface area contributed by atoms with Crippen molar-refractivity contribution in [1.29, 1.82) is 0 Å². The lowest BCUT2D eigenvalue weighted by molar-refractivity contribution is 0.347. The Morgan fingerprint density at radius 3 is 1.50 bits per heavy atom. The molecule has 0 amide bonds. The standard InChI is InChI=1S/C8H8Cl2/c9-7-3-1-2-4-8(7,10)6-5-7/h1-4H,5-6H2. The molecule has 2 heteroatoms. The van der Waals surface area contributed by atoms with Gasteiger partial charge in [-0.1, -0.05) is 24.3 Å². The zero-order valence-corrected chi connectivity index (χ0v) is 6.99.